The van der Waals surface area contributed by atoms with Gasteiger partial charge in [0.15, 0.2) is 0 Å². The number of hydrogen-bond acceptors (Lipinski definition) is 6. The molecule has 0 bridgehead atoms. The topological polar surface area (TPSA) is 128 Å². The summed E-state index contributed by atoms with van der Waals surface area (Å²) in [5.41, 5.74) is 11.4. The minimum atomic E-state index is -0.557. The number of nitrogen functional groups attached to an aromatic ring is 1. The Morgan fingerprint density at radius 2 is 1.41 bits per heavy atom. The van der Waals surface area contributed by atoms with Crippen LogP contribution < -0.4 is 21.9 Å². The maximum Gasteiger partial charge on any atom is 0.408 e. The molecule has 6 rings (SSSR count). The molecule has 49 heavy (non-hydrogen) atoms. The number of carbonyl (C=O) groups excluding carboxylic acids is 2. The van der Waals surface area contributed by atoms with E-state index in [9.17, 15) is 14.4 Å². The van der Waals surface area contributed by atoms with Gasteiger partial charge in [-0.25, -0.2) is 9.78 Å². The normalized spacial score (nSPS) is 11.2. The van der Waals surface area contributed by atoms with Crippen molar-refractivity contribution in [2.45, 2.75) is 39.8 Å². The molecule has 0 aliphatic heterocycles. The molecule has 0 spiro atoms. The van der Waals surface area contributed by atoms with Crippen molar-refractivity contribution >= 4 is 34.3 Å². The smallest absolute Gasteiger partial charge is 0.408 e. The predicted octanol–water partition coefficient (Wildman–Crippen LogP) is 7.90. The van der Waals surface area contributed by atoms with E-state index >= 15 is 0 Å². The van der Waals surface area contributed by atoms with Crippen molar-refractivity contribution in [3.05, 3.63) is 166 Å². The van der Waals surface area contributed by atoms with Crippen molar-refractivity contribution in [3.63, 3.8) is 0 Å². The molecule has 9 heteroatoms. The van der Waals surface area contributed by atoms with Crippen molar-refractivity contribution in [2.24, 2.45) is 0 Å². The first kappa shape index (κ1) is 34.1. The fraction of sp³-hybridized carbons (Fsp3) is 0.150. The van der Waals surface area contributed by atoms with Gasteiger partial charge in [0.05, 0.1) is 28.2 Å². The van der Waals surface area contributed by atoms with E-state index in [1.165, 1.54) is 0 Å². The number of para-hydroxylation sites is 2. The number of aryl methyl sites for hydroxylation is 2. The molecule has 0 saturated carbocycles. The molecule has 6 aromatic rings. The fourth-order valence-electron chi connectivity index (χ4n) is 5.45. The number of hydrogen-bond donors (Lipinski definition) is 3. The predicted molar refractivity (Wildman–Crippen MR) is 195 cm³/mol. The van der Waals surface area contributed by atoms with E-state index in [0.29, 0.717) is 40.1 Å². The molecule has 5 aromatic carbocycles. The molecular formula is C40H39N5O4. The first-order valence-electron chi connectivity index (χ1n) is 16.0. The molecule has 1 aromatic heterocycles. The summed E-state index contributed by atoms with van der Waals surface area (Å²) in [6.07, 6.45) is -0.0178. The number of carbonyl (C=O) groups is 2. The quantitative estimate of drug-likeness (QED) is 0.143. The highest BCUT2D eigenvalue weighted by Crippen LogP contribution is 2.22. The zero-order chi connectivity index (χ0) is 34.8. The second kappa shape index (κ2) is 16.1. The summed E-state index contributed by atoms with van der Waals surface area (Å²) in [6, 6.07) is 38.7. The van der Waals surface area contributed by atoms with Gasteiger partial charge in [-0.05, 0) is 73.4 Å². The molecule has 4 N–H and O–H groups in total. The summed E-state index contributed by atoms with van der Waals surface area (Å²) < 4.78 is 6.98. The van der Waals surface area contributed by atoms with Gasteiger partial charge in [-0.1, -0.05) is 97.9 Å². The molecule has 9 nitrogen and oxygen atoms in total. The molecule has 0 saturated heterocycles. The van der Waals surface area contributed by atoms with Crippen LogP contribution in [0.2, 0.25) is 0 Å². The maximum absolute atomic E-state index is 13.6. The molecule has 1 atom stereocenters. The summed E-state index contributed by atoms with van der Waals surface area (Å²) in [4.78, 5) is 43.0. The second-order valence-electron chi connectivity index (χ2n) is 11.4. The lowest BCUT2D eigenvalue weighted by atomic mass is 10.1. The van der Waals surface area contributed by atoms with Crippen LogP contribution in [0.3, 0.4) is 0 Å². The Kier molecular flexibility index (Phi) is 11.2. The Balaban J connectivity index is 0.000000232. The van der Waals surface area contributed by atoms with Gasteiger partial charge in [0.2, 0.25) is 0 Å². The Hall–Kier alpha value is -6.22. The van der Waals surface area contributed by atoms with Crippen molar-refractivity contribution in [1.82, 2.24) is 14.9 Å². The zero-order valence-electron chi connectivity index (χ0n) is 27.7. The lowest BCUT2D eigenvalue weighted by Crippen LogP contribution is -2.34. The van der Waals surface area contributed by atoms with Gasteiger partial charge < -0.3 is 21.1 Å². The van der Waals surface area contributed by atoms with E-state index < -0.39 is 12.1 Å². The van der Waals surface area contributed by atoms with Crippen LogP contribution in [0, 0.1) is 13.8 Å². The average molecular weight is 654 g/mol. The van der Waals surface area contributed by atoms with E-state index in [4.69, 9.17) is 15.5 Å². The van der Waals surface area contributed by atoms with E-state index in [0.717, 1.165) is 22.4 Å². The minimum Gasteiger partial charge on any atom is -0.445 e. The first-order valence-corrected chi connectivity index (χ1v) is 16.0. The highest BCUT2D eigenvalue weighted by molar-refractivity contribution is 6.08. The first-order chi connectivity index (χ1) is 23.8. The van der Waals surface area contributed by atoms with Gasteiger partial charge in [0.25, 0.3) is 11.5 Å². The van der Waals surface area contributed by atoms with E-state index in [-0.39, 0.29) is 18.1 Å². The zero-order valence-corrected chi connectivity index (χ0v) is 27.7. The SMILES string of the molecule is CCC(NC(=O)OCc1ccccc1)c1nc2cccc(C)c2c(=O)n1-c1ccccc1.Cc1cccc(N)c1C(=O)Nc1ccccc1. The lowest BCUT2D eigenvalue weighted by molar-refractivity contribution is 0.102. The third kappa shape index (κ3) is 8.39. The molecular weight excluding hydrogens is 614 g/mol. The van der Waals surface area contributed by atoms with E-state index in [2.05, 4.69) is 10.6 Å². The number of aromatic nitrogens is 2. The Morgan fingerprint density at radius 3 is 2.06 bits per heavy atom. The van der Waals surface area contributed by atoms with Crippen molar-refractivity contribution < 1.29 is 14.3 Å². The number of ether oxygens (including phenoxy) is 1. The largest absolute Gasteiger partial charge is 0.445 e. The van der Waals surface area contributed by atoms with Gasteiger partial charge in [0, 0.05) is 11.4 Å². The number of nitrogens with zero attached hydrogens (tertiary/aromatic N) is 2. The molecule has 0 radical (unpaired) electrons. The summed E-state index contributed by atoms with van der Waals surface area (Å²) in [6.45, 7) is 5.87. The highest BCUT2D eigenvalue weighted by Gasteiger charge is 2.23. The van der Waals surface area contributed by atoms with Gasteiger partial charge in [-0.15, -0.1) is 0 Å². The molecule has 1 unspecified atom stereocenters. The molecule has 0 fully saturated rings. The summed E-state index contributed by atoms with van der Waals surface area (Å²) in [5, 5.41) is 6.28. The van der Waals surface area contributed by atoms with Crippen molar-refractivity contribution in [2.75, 3.05) is 11.1 Å². The molecule has 0 aliphatic carbocycles. The van der Waals surface area contributed by atoms with Gasteiger partial charge in [0.1, 0.15) is 12.4 Å². The van der Waals surface area contributed by atoms with Gasteiger partial charge >= 0.3 is 6.09 Å². The number of rotatable bonds is 8. The number of anilines is 2. The third-order valence-electron chi connectivity index (χ3n) is 7.93. The second-order valence-corrected chi connectivity index (χ2v) is 11.4. The number of amides is 2. The number of fused-ring (bicyclic) bond motifs is 1. The fourth-order valence-corrected chi connectivity index (χ4v) is 5.45. The summed E-state index contributed by atoms with van der Waals surface area (Å²) >= 11 is 0. The minimum absolute atomic E-state index is 0.160. The number of nitrogens with one attached hydrogen (secondary N) is 2. The molecule has 1 heterocycles. The van der Waals surface area contributed by atoms with Crippen LogP contribution in [-0.4, -0.2) is 21.6 Å². The molecule has 248 valence electrons. The van der Waals surface area contributed by atoms with Crippen molar-refractivity contribution in [1.29, 1.82) is 0 Å². The van der Waals surface area contributed by atoms with Crippen LogP contribution in [0.1, 0.15) is 52.3 Å². The third-order valence-corrected chi connectivity index (χ3v) is 7.93. The maximum atomic E-state index is 13.6. The molecule has 2 amide bonds. The van der Waals surface area contributed by atoms with E-state index in [1.54, 1.807) is 10.6 Å². The Bertz CT molecular complexity index is 2080. The standard InChI is InChI=1S/C26H25N3O3.C14H14N2O/c1-3-21(28-26(31)32-17-19-12-6-4-7-13-19)24-27-22-16-10-11-18(2)23(22)25(30)29(24)20-14-8-5-9-15-20;1-10-6-5-9-12(15)13(10)14(17)16-11-7-3-2-4-8-11/h4-16,21H,3,17H2,1-2H3,(H,28,31);2-9H,15H2,1H3,(H,16,17). The van der Waals surface area contributed by atoms with Crippen LogP contribution in [0.15, 0.2) is 132 Å². The summed E-state index contributed by atoms with van der Waals surface area (Å²) in [7, 11) is 0. The van der Waals surface area contributed by atoms with E-state index in [1.807, 2.05) is 142 Å². The number of alkyl carbamates (subject to hydrolysis) is 1. The highest BCUT2D eigenvalue weighted by atomic mass is 16.5. The Labute approximate surface area is 285 Å². The van der Waals surface area contributed by atoms with Crippen molar-refractivity contribution in [3.8, 4) is 5.69 Å². The lowest BCUT2D eigenvalue weighted by Gasteiger charge is -2.22. The number of nitrogens with two attached hydrogens (primary N) is 1. The number of benzene rings is 5. The monoisotopic (exact) mass is 653 g/mol. The van der Waals surface area contributed by atoms with Gasteiger partial charge in [-0.2, -0.15) is 0 Å². The van der Waals surface area contributed by atoms with Crippen LogP contribution in [-0.2, 0) is 11.3 Å². The van der Waals surface area contributed by atoms with Crippen LogP contribution >= 0.6 is 0 Å². The van der Waals surface area contributed by atoms with Crippen LogP contribution in [0.5, 0.6) is 0 Å². The van der Waals surface area contributed by atoms with Gasteiger partial charge in [-0.3, -0.25) is 14.2 Å². The van der Waals surface area contributed by atoms with Crippen LogP contribution in [0.4, 0.5) is 16.2 Å². The average Bonchev–Trinajstić information content (AvgIpc) is 3.11. The summed E-state index contributed by atoms with van der Waals surface area (Å²) in [5.74, 6) is 0.297. The van der Waals surface area contributed by atoms with Crippen LogP contribution in [0.25, 0.3) is 16.6 Å². The Morgan fingerprint density at radius 1 is 0.796 bits per heavy atom. The molecule has 0 aliphatic rings.